The number of piperazine rings is 1. The quantitative estimate of drug-likeness (QED) is 0.764. The number of aromatic nitrogens is 2. The number of amides is 1. The molecule has 26 heavy (non-hydrogen) atoms. The Hall–Kier alpha value is -3.09. The predicted molar refractivity (Wildman–Crippen MR) is 99.4 cm³/mol. The van der Waals surface area contributed by atoms with Crippen LogP contribution in [0.15, 0.2) is 42.7 Å². The van der Waals surface area contributed by atoms with E-state index in [0.29, 0.717) is 37.9 Å². The van der Waals surface area contributed by atoms with Gasteiger partial charge < -0.3 is 19.3 Å². The van der Waals surface area contributed by atoms with Crippen molar-refractivity contribution < 1.29 is 14.3 Å². The number of methoxy groups -OCH3 is 2. The van der Waals surface area contributed by atoms with Crippen LogP contribution in [-0.2, 0) is 4.79 Å². The van der Waals surface area contributed by atoms with Gasteiger partial charge in [0.25, 0.3) is 0 Å². The Bertz CT molecular complexity index is 772. The first-order valence-electron chi connectivity index (χ1n) is 8.42. The third-order valence-corrected chi connectivity index (χ3v) is 4.27. The van der Waals surface area contributed by atoms with Crippen molar-refractivity contribution in [3.05, 3.63) is 48.3 Å². The molecule has 0 unspecified atom stereocenters. The zero-order valence-electron chi connectivity index (χ0n) is 15.0. The standard InChI is InChI=1S/C19H22N4O3/c1-25-16-5-6-17(26-2)15(14-16)4-7-18(24)22-10-12-23(13-11-22)19-20-8-3-9-21-19/h3-9,14H,10-13H2,1-2H3/b7-4+. The number of benzene rings is 1. The third-order valence-electron chi connectivity index (χ3n) is 4.27. The van der Waals surface area contributed by atoms with Gasteiger partial charge in [-0.1, -0.05) is 0 Å². The summed E-state index contributed by atoms with van der Waals surface area (Å²) in [6.45, 7) is 2.70. The molecule has 136 valence electrons. The van der Waals surface area contributed by atoms with E-state index < -0.39 is 0 Å². The van der Waals surface area contributed by atoms with Crippen LogP contribution in [0.2, 0.25) is 0 Å². The molecule has 1 aliphatic heterocycles. The first-order valence-corrected chi connectivity index (χ1v) is 8.42. The van der Waals surface area contributed by atoms with Crippen LogP contribution < -0.4 is 14.4 Å². The Morgan fingerprint density at radius 2 is 1.81 bits per heavy atom. The number of ether oxygens (including phenoxy) is 2. The fraction of sp³-hybridized carbons (Fsp3) is 0.316. The minimum atomic E-state index is -0.0245. The number of carbonyl (C=O) groups excluding carboxylic acids is 1. The highest BCUT2D eigenvalue weighted by molar-refractivity contribution is 5.92. The van der Waals surface area contributed by atoms with Crippen molar-refractivity contribution in [1.82, 2.24) is 14.9 Å². The summed E-state index contributed by atoms with van der Waals surface area (Å²) in [5.74, 6) is 2.09. The van der Waals surface area contributed by atoms with Crippen molar-refractivity contribution in [3.63, 3.8) is 0 Å². The molecule has 0 bridgehead atoms. The Balaban J connectivity index is 1.62. The molecule has 7 heteroatoms. The van der Waals surface area contributed by atoms with Crippen LogP contribution in [0, 0.1) is 0 Å². The number of hydrogen-bond donors (Lipinski definition) is 0. The second kappa shape index (κ2) is 8.33. The molecule has 0 N–H and O–H groups in total. The molecule has 2 aromatic rings. The fourth-order valence-corrected chi connectivity index (χ4v) is 2.82. The summed E-state index contributed by atoms with van der Waals surface area (Å²) in [5.41, 5.74) is 0.802. The molecule has 1 aromatic carbocycles. The van der Waals surface area contributed by atoms with E-state index in [9.17, 15) is 4.79 Å². The summed E-state index contributed by atoms with van der Waals surface area (Å²) in [6.07, 6.45) is 6.79. The molecule has 0 aliphatic carbocycles. The van der Waals surface area contributed by atoms with Crippen LogP contribution in [0.3, 0.4) is 0 Å². The van der Waals surface area contributed by atoms with Gasteiger partial charge >= 0.3 is 0 Å². The summed E-state index contributed by atoms with van der Waals surface area (Å²) in [6, 6.07) is 7.28. The second-order valence-corrected chi connectivity index (χ2v) is 5.80. The van der Waals surface area contributed by atoms with Gasteiger partial charge in [0.05, 0.1) is 14.2 Å². The average Bonchev–Trinajstić information content (AvgIpc) is 2.72. The van der Waals surface area contributed by atoms with E-state index in [2.05, 4.69) is 14.9 Å². The molecular weight excluding hydrogens is 332 g/mol. The normalized spacial score (nSPS) is 14.5. The highest BCUT2D eigenvalue weighted by Gasteiger charge is 2.21. The highest BCUT2D eigenvalue weighted by Crippen LogP contribution is 2.25. The van der Waals surface area contributed by atoms with Crippen molar-refractivity contribution in [2.24, 2.45) is 0 Å². The smallest absolute Gasteiger partial charge is 0.246 e. The van der Waals surface area contributed by atoms with Crippen molar-refractivity contribution >= 4 is 17.9 Å². The third kappa shape index (κ3) is 4.11. The maximum atomic E-state index is 12.5. The highest BCUT2D eigenvalue weighted by atomic mass is 16.5. The van der Waals surface area contributed by atoms with Crippen molar-refractivity contribution in [2.45, 2.75) is 0 Å². The van der Waals surface area contributed by atoms with Crippen LogP contribution in [-0.4, -0.2) is 61.2 Å². The molecule has 1 aliphatic rings. The van der Waals surface area contributed by atoms with Gasteiger partial charge in [-0.3, -0.25) is 4.79 Å². The summed E-state index contributed by atoms with van der Waals surface area (Å²) < 4.78 is 10.6. The van der Waals surface area contributed by atoms with Gasteiger partial charge in [0.2, 0.25) is 11.9 Å². The lowest BCUT2D eigenvalue weighted by atomic mass is 10.1. The van der Waals surface area contributed by atoms with Crippen LogP contribution in [0.25, 0.3) is 6.08 Å². The molecule has 0 spiro atoms. The maximum absolute atomic E-state index is 12.5. The van der Waals surface area contributed by atoms with E-state index in [0.717, 1.165) is 11.3 Å². The van der Waals surface area contributed by atoms with Crippen LogP contribution in [0.4, 0.5) is 5.95 Å². The Labute approximate surface area is 152 Å². The molecule has 0 radical (unpaired) electrons. The monoisotopic (exact) mass is 354 g/mol. The topological polar surface area (TPSA) is 67.8 Å². The SMILES string of the molecule is COc1ccc(OC)c(/C=C/C(=O)N2CCN(c3ncccn3)CC2)c1. The molecule has 1 aromatic heterocycles. The molecular formula is C19H22N4O3. The van der Waals surface area contributed by atoms with Crippen molar-refractivity contribution in [3.8, 4) is 11.5 Å². The Kier molecular flexibility index (Phi) is 5.68. The molecule has 2 heterocycles. The minimum absolute atomic E-state index is 0.0245. The first kappa shape index (κ1) is 17.7. The number of rotatable bonds is 5. The number of nitrogens with zero attached hydrogens (tertiary/aromatic N) is 4. The number of carbonyl (C=O) groups is 1. The van der Waals surface area contributed by atoms with Crippen molar-refractivity contribution in [1.29, 1.82) is 0 Å². The summed E-state index contributed by atoms with van der Waals surface area (Å²) in [5, 5.41) is 0. The fourth-order valence-electron chi connectivity index (χ4n) is 2.82. The van der Waals surface area contributed by atoms with Gasteiger partial charge in [-0.2, -0.15) is 0 Å². The predicted octanol–water partition coefficient (Wildman–Crippen LogP) is 1.86. The van der Waals surface area contributed by atoms with Crippen LogP contribution in [0.1, 0.15) is 5.56 Å². The Morgan fingerprint density at radius 3 is 2.46 bits per heavy atom. The summed E-state index contributed by atoms with van der Waals surface area (Å²) in [7, 11) is 3.21. The average molecular weight is 354 g/mol. The lowest BCUT2D eigenvalue weighted by Gasteiger charge is -2.34. The maximum Gasteiger partial charge on any atom is 0.246 e. The van der Waals surface area contributed by atoms with E-state index in [1.54, 1.807) is 44.8 Å². The lowest BCUT2D eigenvalue weighted by molar-refractivity contribution is -0.126. The number of hydrogen-bond acceptors (Lipinski definition) is 6. The lowest BCUT2D eigenvalue weighted by Crippen LogP contribution is -2.48. The van der Waals surface area contributed by atoms with E-state index in [1.165, 1.54) is 0 Å². The van der Waals surface area contributed by atoms with E-state index >= 15 is 0 Å². The minimum Gasteiger partial charge on any atom is -0.497 e. The van der Waals surface area contributed by atoms with Crippen LogP contribution in [0.5, 0.6) is 11.5 Å². The zero-order chi connectivity index (χ0) is 18.4. The number of anilines is 1. The van der Waals surface area contributed by atoms with Gasteiger partial charge in [0, 0.05) is 50.2 Å². The second-order valence-electron chi connectivity index (χ2n) is 5.80. The van der Waals surface area contributed by atoms with E-state index in [4.69, 9.17) is 9.47 Å². The summed E-state index contributed by atoms with van der Waals surface area (Å²) in [4.78, 5) is 24.9. The molecule has 0 atom stereocenters. The van der Waals surface area contributed by atoms with Gasteiger partial charge in [-0.15, -0.1) is 0 Å². The molecule has 0 saturated carbocycles. The van der Waals surface area contributed by atoms with Crippen molar-refractivity contribution in [2.75, 3.05) is 45.3 Å². The Morgan fingerprint density at radius 1 is 1.08 bits per heavy atom. The summed E-state index contributed by atoms with van der Waals surface area (Å²) >= 11 is 0. The molecule has 1 amide bonds. The van der Waals surface area contributed by atoms with Gasteiger partial charge in [0.15, 0.2) is 0 Å². The molecule has 1 saturated heterocycles. The first-order chi connectivity index (χ1) is 12.7. The van der Waals surface area contributed by atoms with Crippen LogP contribution >= 0.6 is 0 Å². The molecule has 1 fully saturated rings. The van der Waals surface area contributed by atoms with E-state index in [1.807, 2.05) is 23.1 Å². The zero-order valence-corrected chi connectivity index (χ0v) is 15.0. The van der Waals surface area contributed by atoms with Gasteiger partial charge in [-0.05, 0) is 30.3 Å². The molecule has 7 nitrogen and oxygen atoms in total. The largest absolute Gasteiger partial charge is 0.497 e. The molecule has 3 rings (SSSR count). The van der Waals surface area contributed by atoms with E-state index in [-0.39, 0.29) is 5.91 Å². The van der Waals surface area contributed by atoms with Gasteiger partial charge in [0.1, 0.15) is 11.5 Å². The van der Waals surface area contributed by atoms with Gasteiger partial charge in [-0.25, -0.2) is 9.97 Å².